The highest BCUT2D eigenvalue weighted by Gasteiger charge is 2.42. The summed E-state index contributed by atoms with van der Waals surface area (Å²) in [6, 6.07) is 8.72. The summed E-state index contributed by atoms with van der Waals surface area (Å²) in [6.45, 7) is -0.330. The average molecular weight is 309 g/mol. The molecule has 0 aliphatic carbocycles. The van der Waals surface area contributed by atoms with Gasteiger partial charge in [0.15, 0.2) is 0 Å². The van der Waals surface area contributed by atoms with Crippen LogP contribution >= 0.6 is 0 Å². The second-order valence-corrected chi connectivity index (χ2v) is 4.64. The number of carbonyl (C=O) groups excluding carboxylic acids is 2. The van der Waals surface area contributed by atoms with E-state index in [1.165, 1.54) is 0 Å². The Morgan fingerprint density at radius 1 is 1.32 bits per heavy atom. The molecule has 1 aliphatic heterocycles. The molecular weight excluding hydrogens is 294 g/mol. The van der Waals surface area contributed by atoms with Gasteiger partial charge in [0, 0.05) is 0 Å². The van der Waals surface area contributed by atoms with Crippen LogP contribution in [0, 0.1) is 10.1 Å². The molecule has 0 bridgehead atoms. The number of benzene rings is 1. The first-order valence-electron chi connectivity index (χ1n) is 6.67. The van der Waals surface area contributed by atoms with Gasteiger partial charge in [-0.3, -0.25) is 19.7 Å². The SMILES string of the molecule is O=C(Cc1ccccc1)OC1C(=O)COCCOC1[N+](=O)[O-]. The second-order valence-electron chi connectivity index (χ2n) is 4.64. The van der Waals surface area contributed by atoms with Crippen molar-refractivity contribution >= 4 is 11.8 Å². The fourth-order valence-corrected chi connectivity index (χ4v) is 1.97. The van der Waals surface area contributed by atoms with E-state index < -0.39 is 29.0 Å². The topological polar surface area (TPSA) is 105 Å². The van der Waals surface area contributed by atoms with E-state index in [4.69, 9.17) is 14.2 Å². The molecule has 0 radical (unpaired) electrons. The van der Waals surface area contributed by atoms with Crippen molar-refractivity contribution in [1.82, 2.24) is 0 Å². The van der Waals surface area contributed by atoms with Crippen LogP contribution in [-0.4, -0.2) is 48.8 Å². The molecule has 2 unspecified atom stereocenters. The first kappa shape index (κ1) is 16.1. The van der Waals surface area contributed by atoms with Crippen LogP contribution in [0.2, 0.25) is 0 Å². The molecule has 8 heteroatoms. The van der Waals surface area contributed by atoms with Crippen molar-refractivity contribution in [3.05, 3.63) is 46.0 Å². The van der Waals surface area contributed by atoms with Crippen LogP contribution in [0.15, 0.2) is 30.3 Å². The second kappa shape index (κ2) is 7.62. The molecule has 1 aromatic rings. The zero-order valence-corrected chi connectivity index (χ0v) is 11.7. The van der Waals surface area contributed by atoms with Crippen LogP contribution < -0.4 is 0 Å². The highest BCUT2D eigenvalue weighted by Crippen LogP contribution is 2.12. The molecule has 118 valence electrons. The summed E-state index contributed by atoms with van der Waals surface area (Å²) >= 11 is 0. The minimum Gasteiger partial charge on any atom is -0.444 e. The molecule has 22 heavy (non-hydrogen) atoms. The monoisotopic (exact) mass is 309 g/mol. The summed E-state index contributed by atoms with van der Waals surface area (Å²) < 4.78 is 14.9. The number of hydrogen-bond donors (Lipinski definition) is 0. The molecule has 1 saturated heterocycles. The Hall–Kier alpha value is -2.32. The van der Waals surface area contributed by atoms with E-state index in [0.29, 0.717) is 5.56 Å². The zero-order valence-electron chi connectivity index (χ0n) is 11.7. The van der Waals surface area contributed by atoms with Crippen molar-refractivity contribution in [3.8, 4) is 0 Å². The predicted molar refractivity (Wildman–Crippen MR) is 72.6 cm³/mol. The summed E-state index contributed by atoms with van der Waals surface area (Å²) in [6.07, 6.45) is -3.40. The molecular formula is C14H15NO7. The minimum atomic E-state index is -1.71. The number of Topliss-reactive ketones (excluding diaryl/α,β-unsaturated/α-hetero) is 1. The number of ketones is 1. The molecule has 1 aliphatic rings. The largest absolute Gasteiger partial charge is 0.444 e. The van der Waals surface area contributed by atoms with Gasteiger partial charge in [-0.15, -0.1) is 0 Å². The number of esters is 1. The Labute approximate surface area is 126 Å². The van der Waals surface area contributed by atoms with Gasteiger partial charge >= 0.3 is 12.2 Å². The summed E-state index contributed by atoms with van der Waals surface area (Å²) in [5.74, 6) is -1.43. The van der Waals surface area contributed by atoms with Crippen LogP contribution in [0.3, 0.4) is 0 Å². The van der Waals surface area contributed by atoms with Crippen LogP contribution in [0.4, 0.5) is 0 Å². The van der Waals surface area contributed by atoms with Gasteiger partial charge in [-0.2, -0.15) is 0 Å². The maximum Gasteiger partial charge on any atom is 0.359 e. The van der Waals surface area contributed by atoms with Crippen molar-refractivity contribution in [2.24, 2.45) is 0 Å². The third kappa shape index (κ3) is 4.34. The highest BCUT2D eigenvalue weighted by atomic mass is 16.7. The molecule has 2 atom stereocenters. The standard InChI is InChI=1S/C14H15NO7/c16-11-9-20-6-7-21-14(15(18)19)13(11)22-12(17)8-10-4-2-1-3-5-10/h1-5,13-14H,6-9H2. The summed E-state index contributed by atoms with van der Waals surface area (Å²) in [5, 5.41) is 11.0. The fourth-order valence-electron chi connectivity index (χ4n) is 1.97. The molecule has 0 aromatic heterocycles. The number of ether oxygens (including phenoxy) is 3. The lowest BCUT2D eigenvalue weighted by atomic mass is 10.1. The molecule has 0 amide bonds. The number of nitrogens with zero attached hydrogens (tertiary/aromatic N) is 1. The number of carbonyl (C=O) groups is 2. The van der Waals surface area contributed by atoms with Gasteiger partial charge in [0.25, 0.3) is 6.10 Å². The molecule has 2 rings (SSSR count). The number of rotatable bonds is 4. The minimum absolute atomic E-state index is 0.0499. The molecule has 0 N–H and O–H groups in total. The van der Waals surface area contributed by atoms with Gasteiger partial charge in [-0.05, 0) is 5.56 Å². The maximum absolute atomic E-state index is 11.9. The van der Waals surface area contributed by atoms with Gasteiger partial charge in [-0.1, -0.05) is 30.3 Å². The molecule has 8 nitrogen and oxygen atoms in total. The van der Waals surface area contributed by atoms with Crippen LogP contribution in [0.1, 0.15) is 5.56 Å². The Kier molecular flexibility index (Phi) is 5.56. The van der Waals surface area contributed by atoms with Gasteiger partial charge in [0.1, 0.15) is 6.61 Å². The van der Waals surface area contributed by atoms with E-state index in [1.54, 1.807) is 30.3 Å². The maximum atomic E-state index is 11.9. The Morgan fingerprint density at radius 2 is 2.05 bits per heavy atom. The van der Waals surface area contributed by atoms with Crippen molar-refractivity contribution in [2.75, 3.05) is 19.8 Å². The van der Waals surface area contributed by atoms with E-state index in [1.807, 2.05) is 0 Å². The predicted octanol–water partition coefficient (Wildman–Crippen LogP) is 0.360. The van der Waals surface area contributed by atoms with E-state index in [0.717, 1.165) is 0 Å². The summed E-state index contributed by atoms with van der Waals surface area (Å²) in [4.78, 5) is 34.0. The van der Waals surface area contributed by atoms with Gasteiger partial charge in [-0.25, -0.2) is 0 Å². The Balaban J connectivity index is 2.06. The van der Waals surface area contributed by atoms with Gasteiger partial charge in [0.2, 0.25) is 5.78 Å². The molecule has 1 heterocycles. The Bertz CT molecular complexity index is 545. The summed E-state index contributed by atoms with van der Waals surface area (Å²) in [5.41, 5.74) is 0.681. The van der Waals surface area contributed by atoms with Gasteiger partial charge in [0.05, 0.1) is 24.6 Å². The fraction of sp³-hybridized carbons (Fsp3) is 0.429. The highest BCUT2D eigenvalue weighted by molar-refractivity contribution is 5.87. The molecule has 0 saturated carbocycles. The Morgan fingerprint density at radius 3 is 2.73 bits per heavy atom. The lowest BCUT2D eigenvalue weighted by Crippen LogP contribution is -2.48. The van der Waals surface area contributed by atoms with Crippen LogP contribution in [0.25, 0.3) is 0 Å². The van der Waals surface area contributed by atoms with Crippen molar-refractivity contribution in [3.63, 3.8) is 0 Å². The van der Waals surface area contributed by atoms with E-state index in [9.17, 15) is 19.7 Å². The van der Waals surface area contributed by atoms with Crippen LogP contribution in [-0.2, 0) is 30.2 Å². The average Bonchev–Trinajstić information content (AvgIpc) is 2.47. The lowest BCUT2D eigenvalue weighted by Gasteiger charge is -2.22. The molecule has 1 aromatic carbocycles. The summed E-state index contributed by atoms with van der Waals surface area (Å²) in [7, 11) is 0. The first-order chi connectivity index (χ1) is 10.6. The van der Waals surface area contributed by atoms with Crippen LogP contribution in [0.5, 0.6) is 0 Å². The smallest absolute Gasteiger partial charge is 0.359 e. The van der Waals surface area contributed by atoms with Gasteiger partial charge < -0.3 is 14.2 Å². The number of nitro groups is 1. The first-order valence-corrected chi connectivity index (χ1v) is 6.67. The zero-order chi connectivity index (χ0) is 15.9. The van der Waals surface area contributed by atoms with Crippen molar-refractivity contribution in [2.45, 2.75) is 18.8 Å². The quantitative estimate of drug-likeness (QED) is 0.449. The molecule has 0 spiro atoms. The third-order valence-corrected chi connectivity index (χ3v) is 2.99. The van der Waals surface area contributed by atoms with E-state index in [-0.39, 0.29) is 26.2 Å². The van der Waals surface area contributed by atoms with E-state index in [2.05, 4.69) is 0 Å². The lowest BCUT2D eigenvalue weighted by molar-refractivity contribution is -0.585. The molecule has 1 fully saturated rings. The van der Waals surface area contributed by atoms with Crippen molar-refractivity contribution in [1.29, 1.82) is 0 Å². The van der Waals surface area contributed by atoms with E-state index >= 15 is 0 Å². The third-order valence-electron chi connectivity index (χ3n) is 2.99. The normalized spacial score (nSPS) is 22.5. The van der Waals surface area contributed by atoms with Crippen molar-refractivity contribution < 1.29 is 28.7 Å². The number of hydrogen-bond acceptors (Lipinski definition) is 7.